The van der Waals surface area contributed by atoms with Gasteiger partial charge in [0, 0.05) is 43.5 Å². The first kappa shape index (κ1) is 19.9. The quantitative estimate of drug-likeness (QED) is 0.816. The average Bonchev–Trinajstić information content (AvgIpc) is 3.24. The van der Waals surface area contributed by atoms with Crippen LogP contribution in [0.5, 0.6) is 5.75 Å². The van der Waals surface area contributed by atoms with Gasteiger partial charge in [0.05, 0.1) is 13.5 Å². The number of rotatable bonds is 5. The highest BCUT2D eigenvalue weighted by atomic mass is 16.5. The Morgan fingerprint density at radius 1 is 1.24 bits per heavy atom. The van der Waals surface area contributed by atoms with Crippen LogP contribution >= 0.6 is 0 Å². The van der Waals surface area contributed by atoms with Gasteiger partial charge in [-0.15, -0.1) is 0 Å². The lowest BCUT2D eigenvalue weighted by molar-refractivity contribution is -0.135. The first-order valence-corrected chi connectivity index (χ1v) is 10.5. The lowest BCUT2D eigenvalue weighted by Crippen LogP contribution is -2.55. The van der Waals surface area contributed by atoms with Crippen LogP contribution in [0.1, 0.15) is 41.9 Å². The number of hydrogen-bond donors (Lipinski definition) is 2. The third kappa shape index (κ3) is 4.28. The van der Waals surface area contributed by atoms with E-state index in [1.165, 1.54) is 5.56 Å². The normalized spacial score (nSPS) is 24.5. The highest BCUT2D eigenvalue weighted by Crippen LogP contribution is 2.31. The van der Waals surface area contributed by atoms with Crippen LogP contribution in [-0.2, 0) is 11.2 Å². The summed E-state index contributed by atoms with van der Waals surface area (Å²) in [6.45, 7) is 3.72. The maximum atomic E-state index is 13.3. The Bertz CT molecular complexity index is 842. The van der Waals surface area contributed by atoms with E-state index >= 15 is 0 Å². The van der Waals surface area contributed by atoms with Crippen molar-refractivity contribution < 1.29 is 9.53 Å². The minimum absolute atomic E-state index is 0.198. The molecule has 2 saturated heterocycles. The van der Waals surface area contributed by atoms with Gasteiger partial charge in [0.2, 0.25) is 5.91 Å². The van der Waals surface area contributed by atoms with Crippen molar-refractivity contribution in [2.24, 2.45) is 0 Å². The first-order valence-electron chi connectivity index (χ1n) is 10.5. The topological polar surface area (TPSA) is 66.5 Å². The Kier molecular flexibility index (Phi) is 6.11. The third-order valence-corrected chi connectivity index (χ3v) is 6.26. The van der Waals surface area contributed by atoms with Crippen LogP contribution < -0.4 is 15.6 Å². The number of methoxy groups -OCH3 is 1. The third-order valence-electron chi connectivity index (χ3n) is 6.26. The van der Waals surface area contributed by atoms with Gasteiger partial charge in [0.25, 0.3) is 0 Å². The molecule has 1 aromatic carbocycles. The van der Waals surface area contributed by atoms with Gasteiger partial charge in [-0.25, -0.2) is 0 Å². The Morgan fingerprint density at radius 3 is 2.83 bits per heavy atom. The molecular weight excluding hydrogens is 364 g/mol. The van der Waals surface area contributed by atoms with Crippen LogP contribution in [0, 0.1) is 6.92 Å². The Morgan fingerprint density at radius 2 is 2.07 bits per heavy atom. The minimum Gasteiger partial charge on any atom is -0.496 e. The number of amides is 1. The van der Waals surface area contributed by atoms with Gasteiger partial charge in [0.15, 0.2) is 0 Å². The number of aromatic nitrogens is 1. The number of nitrogens with one attached hydrogen (secondary N) is 2. The van der Waals surface area contributed by atoms with E-state index in [-0.39, 0.29) is 18.0 Å². The van der Waals surface area contributed by atoms with Gasteiger partial charge in [-0.3, -0.25) is 20.6 Å². The van der Waals surface area contributed by atoms with Gasteiger partial charge in [-0.1, -0.05) is 12.1 Å². The summed E-state index contributed by atoms with van der Waals surface area (Å²) in [4.78, 5) is 19.5. The van der Waals surface area contributed by atoms with E-state index in [0.29, 0.717) is 12.3 Å². The van der Waals surface area contributed by atoms with Gasteiger partial charge >= 0.3 is 0 Å². The second-order valence-corrected chi connectivity index (χ2v) is 8.07. The molecule has 3 heterocycles. The van der Waals surface area contributed by atoms with Gasteiger partial charge in [0.1, 0.15) is 5.75 Å². The zero-order valence-corrected chi connectivity index (χ0v) is 17.2. The van der Waals surface area contributed by atoms with Crippen molar-refractivity contribution in [2.75, 3.05) is 20.2 Å². The second-order valence-electron chi connectivity index (χ2n) is 8.07. The molecule has 0 saturated carbocycles. The van der Waals surface area contributed by atoms with E-state index in [1.807, 2.05) is 31.5 Å². The van der Waals surface area contributed by atoms with E-state index < -0.39 is 0 Å². The van der Waals surface area contributed by atoms with Crippen molar-refractivity contribution >= 4 is 5.91 Å². The van der Waals surface area contributed by atoms with Gasteiger partial charge in [-0.2, -0.15) is 0 Å². The van der Waals surface area contributed by atoms with E-state index in [0.717, 1.165) is 49.2 Å². The van der Waals surface area contributed by atoms with Crippen LogP contribution in [0.3, 0.4) is 0 Å². The van der Waals surface area contributed by atoms with Crippen LogP contribution in [0.4, 0.5) is 0 Å². The van der Waals surface area contributed by atoms with Crippen LogP contribution in [0.15, 0.2) is 42.7 Å². The Hall–Kier alpha value is -2.44. The van der Waals surface area contributed by atoms with E-state index in [9.17, 15) is 4.79 Å². The maximum absolute atomic E-state index is 13.3. The largest absolute Gasteiger partial charge is 0.496 e. The summed E-state index contributed by atoms with van der Waals surface area (Å²) >= 11 is 0. The molecule has 2 aliphatic heterocycles. The molecular formula is C23H30N4O2. The van der Waals surface area contributed by atoms with E-state index in [1.54, 1.807) is 7.11 Å². The molecule has 3 unspecified atom stereocenters. The molecule has 0 aliphatic carbocycles. The van der Waals surface area contributed by atoms with Crippen LogP contribution in [0.2, 0.25) is 0 Å². The molecule has 2 aliphatic rings. The summed E-state index contributed by atoms with van der Waals surface area (Å²) in [7, 11) is 1.67. The SMILES string of the molecule is COc1ccc(CC(=O)N2CCCCC2C2NNCC2c2ccncc2)cc1C. The second kappa shape index (κ2) is 8.93. The molecule has 0 spiro atoms. The fraction of sp³-hybridized carbons (Fsp3) is 0.478. The molecule has 4 rings (SSSR count). The Balaban J connectivity index is 1.51. The molecule has 154 valence electrons. The molecule has 29 heavy (non-hydrogen) atoms. The smallest absolute Gasteiger partial charge is 0.227 e. The highest BCUT2D eigenvalue weighted by molar-refractivity contribution is 5.79. The Labute approximate surface area is 172 Å². The highest BCUT2D eigenvalue weighted by Gasteiger charge is 2.40. The van der Waals surface area contributed by atoms with Crippen molar-refractivity contribution in [1.29, 1.82) is 0 Å². The number of aryl methyl sites for hydroxylation is 1. The number of carbonyl (C=O) groups excluding carboxylic acids is 1. The number of hydrogen-bond acceptors (Lipinski definition) is 5. The standard InChI is InChI=1S/C23H30N4O2/c1-16-13-17(6-7-21(16)29-2)14-22(28)27-12-4-3-5-20(27)23-19(15-25-26-23)18-8-10-24-11-9-18/h6-11,13,19-20,23,25-26H,3-5,12,14-15H2,1-2H3. The number of likely N-dealkylation sites (tertiary alicyclic amines) is 1. The van der Waals surface area contributed by atoms with Crippen molar-refractivity contribution in [3.05, 3.63) is 59.4 Å². The molecule has 2 N–H and O–H groups in total. The van der Waals surface area contributed by atoms with Crippen molar-refractivity contribution in [3.63, 3.8) is 0 Å². The number of nitrogens with zero attached hydrogens (tertiary/aromatic N) is 2. The molecule has 3 atom stereocenters. The number of piperidine rings is 1. The summed E-state index contributed by atoms with van der Waals surface area (Å²) in [5, 5.41) is 0. The molecule has 6 heteroatoms. The molecule has 2 aromatic rings. The molecule has 2 fully saturated rings. The summed E-state index contributed by atoms with van der Waals surface area (Å²) in [6.07, 6.45) is 7.40. The van der Waals surface area contributed by atoms with E-state index in [2.05, 4.69) is 38.9 Å². The van der Waals surface area contributed by atoms with Gasteiger partial charge < -0.3 is 9.64 Å². The molecule has 1 aromatic heterocycles. The number of benzene rings is 1. The summed E-state index contributed by atoms with van der Waals surface area (Å²) in [5.41, 5.74) is 10.2. The average molecular weight is 395 g/mol. The van der Waals surface area contributed by atoms with Crippen molar-refractivity contribution in [3.8, 4) is 5.75 Å². The predicted octanol–water partition coefficient (Wildman–Crippen LogP) is 2.58. The van der Waals surface area contributed by atoms with Crippen molar-refractivity contribution in [1.82, 2.24) is 20.7 Å². The lowest BCUT2D eigenvalue weighted by Gasteiger charge is -2.41. The summed E-state index contributed by atoms with van der Waals surface area (Å²) in [5.74, 6) is 1.40. The summed E-state index contributed by atoms with van der Waals surface area (Å²) in [6, 6.07) is 10.6. The molecule has 1 amide bonds. The predicted molar refractivity (Wildman–Crippen MR) is 113 cm³/mol. The number of ether oxygens (including phenoxy) is 1. The van der Waals surface area contributed by atoms with Crippen molar-refractivity contribution in [2.45, 2.75) is 50.6 Å². The van der Waals surface area contributed by atoms with Crippen LogP contribution in [-0.4, -0.2) is 48.1 Å². The summed E-state index contributed by atoms with van der Waals surface area (Å²) < 4.78 is 5.34. The number of carbonyl (C=O) groups is 1. The molecule has 0 radical (unpaired) electrons. The fourth-order valence-electron chi connectivity index (χ4n) is 4.78. The number of pyridine rings is 1. The zero-order chi connectivity index (χ0) is 20.2. The zero-order valence-electron chi connectivity index (χ0n) is 17.2. The van der Waals surface area contributed by atoms with E-state index in [4.69, 9.17) is 4.74 Å². The molecule has 0 bridgehead atoms. The lowest BCUT2D eigenvalue weighted by atomic mass is 9.84. The minimum atomic E-state index is 0.198. The number of hydrazine groups is 1. The molecule has 6 nitrogen and oxygen atoms in total. The maximum Gasteiger partial charge on any atom is 0.227 e. The van der Waals surface area contributed by atoms with Crippen LogP contribution in [0.25, 0.3) is 0 Å². The first-order chi connectivity index (χ1) is 14.2. The van der Waals surface area contributed by atoms with Gasteiger partial charge in [-0.05, 0) is 61.1 Å². The monoisotopic (exact) mass is 394 g/mol. The fourth-order valence-corrected chi connectivity index (χ4v) is 4.78.